The van der Waals surface area contributed by atoms with E-state index < -0.39 is 74.4 Å². The number of rotatable bonds is 20. The predicted molar refractivity (Wildman–Crippen MR) is 282 cm³/mol. The number of sulfonamides is 2. The van der Waals surface area contributed by atoms with E-state index in [2.05, 4.69) is 34.3 Å². The highest BCUT2D eigenvalue weighted by Crippen LogP contribution is 2.27. The number of aliphatic carboxylic acids is 2. The number of methoxy groups -OCH3 is 1. The average Bonchev–Trinajstić information content (AvgIpc) is 3.91. The van der Waals surface area contributed by atoms with Gasteiger partial charge in [-0.3, -0.25) is 9.59 Å². The summed E-state index contributed by atoms with van der Waals surface area (Å²) in [7, 11) is -4.97. The van der Waals surface area contributed by atoms with Crippen LogP contribution in [0.4, 0.5) is 0 Å². The molecule has 0 radical (unpaired) electrons. The molecule has 5 aromatic rings. The number of carboxylic acid groups (broad SMARTS) is 2. The van der Waals surface area contributed by atoms with Crippen LogP contribution in [-0.2, 0) is 61.5 Å². The third-order valence-electron chi connectivity index (χ3n) is 11.6. The van der Waals surface area contributed by atoms with E-state index in [9.17, 15) is 51.0 Å². The number of aryl methyl sites for hydroxylation is 2. The van der Waals surface area contributed by atoms with Crippen molar-refractivity contribution in [3.05, 3.63) is 160 Å². The van der Waals surface area contributed by atoms with Gasteiger partial charge in [0.1, 0.15) is 37.1 Å². The molecule has 1 aliphatic heterocycles. The van der Waals surface area contributed by atoms with Gasteiger partial charge in [0.25, 0.3) is 0 Å². The van der Waals surface area contributed by atoms with Crippen molar-refractivity contribution in [2.45, 2.75) is 74.4 Å². The van der Waals surface area contributed by atoms with Crippen LogP contribution >= 0.6 is 0 Å². The molecule has 0 unspecified atom stereocenters. The zero-order valence-corrected chi connectivity index (χ0v) is 44.3. The highest BCUT2D eigenvalue weighted by Gasteiger charge is 2.40. The van der Waals surface area contributed by atoms with Gasteiger partial charge in [-0.05, 0) is 118 Å². The molecule has 5 aromatic carbocycles. The fourth-order valence-electron chi connectivity index (χ4n) is 7.51. The van der Waals surface area contributed by atoms with Crippen LogP contribution in [0.25, 0.3) is 0 Å². The van der Waals surface area contributed by atoms with Crippen LogP contribution in [0.2, 0.25) is 0 Å². The van der Waals surface area contributed by atoms with E-state index in [1.807, 2.05) is 13.8 Å². The Labute approximate surface area is 443 Å². The molecule has 0 aliphatic carbocycles. The quantitative estimate of drug-likeness (QED) is 0.0592. The van der Waals surface area contributed by atoms with Gasteiger partial charge in [0.2, 0.25) is 31.9 Å². The monoisotopic (exact) mass is 1080 g/mol. The molecule has 3 atom stereocenters. The zero-order chi connectivity index (χ0) is 55.4. The summed E-state index contributed by atoms with van der Waals surface area (Å²) in [6, 6.07) is 29.7. The van der Waals surface area contributed by atoms with Gasteiger partial charge >= 0.3 is 17.9 Å². The van der Waals surface area contributed by atoms with E-state index in [-0.39, 0.29) is 35.8 Å². The number of hydrogen-bond donors (Lipinski definition) is 4. The van der Waals surface area contributed by atoms with Gasteiger partial charge in [-0.25, -0.2) is 31.2 Å². The van der Waals surface area contributed by atoms with Crippen LogP contribution in [0.3, 0.4) is 0 Å². The van der Waals surface area contributed by atoms with Crippen LogP contribution in [0.5, 0.6) is 5.75 Å². The SMILES string of the molecule is CCOC(=O)c1ccc(OCC#Cc2ccc(C[C@H](NC(=O)[C@@H]3CCCN3S(=O)(=O)c3ccc(C)cc3)C(=O)O)cc2)cc1.COCC#Cc1ccc(C[C@H](NC(=O)CN(C)S(=O)(=O)c2ccc(C)cc2)C(=O)O)cc1. The van der Waals surface area contributed by atoms with Crippen molar-refractivity contribution in [3.63, 3.8) is 0 Å². The summed E-state index contributed by atoms with van der Waals surface area (Å²) in [5.74, 6) is 7.98. The lowest BCUT2D eigenvalue weighted by Gasteiger charge is -2.25. The number of carboxylic acids is 2. The second-order valence-electron chi connectivity index (χ2n) is 17.4. The molecular weight excluding hydrogens is 1020 g/mol. The molecule has 1 aliphatic rings. The third kappa shape index (κ3) is 17.4. The van der Waals surface area contributed by atoms with E-state index >= 15 is 0 Å². The summed E-state index contributed by atoms with van der Waals surface area (Å²) in [6.45, 7) is 5.83. The first-order chi connectivity index (χ1) is 36.2. The van der Waals surface area contributed by atoms with E-state index in [1.54, 1.807) is 111 Å². The van der Waals surface area contributed by atoms with Crippen molar-refractivity contribution < 1.29 is 65.2 Å². The lowest BCUT2D eigenvalue weighted by Crippen LogP contribution is -2.51. The summed E-state index contributed by atoms with van der Waals surface area (Å²) in [5.41, 5.74) is 5.05. The predicted octanol–water partition coefficient (Wildman–Crippen LogP) is 4.99. The minimum Gasteiger partial charge on any atom is -0.481 e. The molecule has 400 valence electrons. The van der Waals surface area contributed by atoms with Crippen molar-refractivity contribution in [2.75, 3.05) is 47.1 Å². The largest absolute Gasteiger partial charge is 0.481 e. The standard InChI is InChI=1S/C33H34N2O8S.C23H26N2O6S/c1-3-42-33(39)26-14-16-27(17-15-26)43-21-5-6-24-10-12-25(13-11-24)22-29(32(37)38)34-31(36)30-7-4-20-35(30)44(40,41)28-18-8-23(2)9-19-28;1-17-6-12-20(13-7-17)32(29,30)25(2)16-22(26)24-21(23(27)28)15-19-10-8-18(9-11-19)5-4-14-31-3/h8-19,29-30H,3-4,7,20-22H2,1-2H3,(H,34,36)(H,37,38);6-13,21H,14-16H2,1-3H3,(H,24,26)(H,27,28)/t29-,30-;21-/m00/s1. The first-order valence-electron chi connectivity index (χ1n) is 23.9. The molecule has 18 nitrogen and oxygen atoms in total. The Morgan fingerprint density at radius 1 is 0.697 bits per heavy atom. The van der Waals surface area contributed by atoms with Gasteiger partial charge in [0.15, 0.2) is 0 Å². The Morgan fingerprint density at radius 2 is 1.20 bits per heavy atom. The first-order valence-corrected chi connectivity index (χ1v) is 26.8. The zero-order valence-electron chi connectivity index (χ0n) is 42.6. The van der Waals surface area contributed by atoms with E-state index in [1.165, 1.54) is 31.3 Å². The first kappa shape index (κ1) is 59.0. The van der Waals surface area contributed by atoms with Gasteiger partial charge < -0.3 is 35.1 Å². The molecular formula is C56H60N4O14S2. The van der Waals surface area contributed by atoms with Crippen molar-refractivity contribution in [3.8, 4) is 29.4 Å². The maximum atomic E-state index is 13.2. The molecule has 0 spiro atoms. The molecule has 0 saturated carbocycles. The molecule has 1 fully saturated rings. The summed E-state index contributed by atoms with van der Waals surface area (Å²) in [6.07, 6.45) is 0.855. The van der Waals surface area contributed by atoms with Crippen molar-refractivity contribution in [1.82, 2.24) is 19.2 Å². The minimum atomic E-state index is -3.92. The fourth-order valence-corrected chi connectivity index (χ4v) is 10.3. The van der Waals surface area contributed by atoms with Crippen molar-refractivity contribution in [1.29, 1.82) is 0 Å². The average molecular weight is 1080 g/mol. The number of nitrogens with one attached hydrogen (secondary N) is 2. The number of carbonyl (C=O) groups is 5. The second kappa shape index (κ2) is 28.2. The topological polar surface area (TPSA) is 252 Å². The van der Waals surface area contributed by atoms with Crippen LogP contribution in [-0.4, -0.2) is 131 Å². The van der Waals surface area contributed by atoms with Crippen molar-refractivity contribution >= 4 is 49.8 Å². The Bertz CT molecular complexity index is 3160. The number of hydrogen-bond acceptors (Lipinski definition) is 12. The van der Waals surface area contributed by atoms with Crippen molar-refractivity contribution in [2.24, 2.45) is 0 Å². The Hall–Kier alpha value is -7.85. The van der Waals surface area contributed by atoms with Crippen LogP contribution < -0.4 is 15.4 Å². The number of benzene rings is 5. The summed E-state index contributed by atoms with van der Waals surface area (Å²) in [4.78, 5) is 61.1. The van der Waals surface area contributed by atoms with Gasteiger partial charge in [0.05, 0.1) is 28.5 Å². The fraction of sp³-hybridized carbons (Fsp3) is 0.304. The number of amides is 2. The number of likely N-dealkylation sites (N-methyl/N-ethyl adjacent to an activating group) is 1. The molecule has 1 saturated heterocycles. The Morgan fingerprint density at radius 3 is 1.70 bits per heavy atom. The number of ether oxygens (including phenoxy) is 3. The van der Waals surface area contributed by atoms with Crippen LogP contribution in [0.15, 0.2) is 131 Å². The molecule has 20 heteroatoms. The number of nitrogens with zero attached hydrogens (tertiary/aromatic N) is 2. The minimum absolute atomic E-state index is 0.0110. The van der Waals surface area contributed by atoms with E-state index in [4.69, 9.17) is 14.2 Å². The Balaban J connectivity index is 0.000000296. The molecule has 76 heavy (non-hydrogen) atoms. The smallest absolute Gasteiger partial charge is 0.338 e. The summed E-state index contributed by atoms with van der Waals surface area (Å²) in [5, 5.41) is 24.2. The second-order valence-corrected chi connectivity index (χ2v) is 21.3. The highest BCUT2D eigenvalue weighted by atomic mass is 32.2. The summed E-state index contributed by atoms with van der Waals surface area (Å²) >= 11 is 0. The van der Waals surface area contributed by atoms with E-state index in [0.717, 1.165) is 25.3 Å². The molecule has 1 heterocycles. The van der Waals surface area contributed by atoms with E-state index in [0.29, 0.717) is 54.1 Å². The molecule has 2 amide bonds. The van der Waals surface area contributed by atoms with Gasteiger partial charge in [-0.1, -0.05) is 83.3 Å². The molecule has 0 aromatic heterocycles. The van der Waals surface area contributed by atoms with Crippen LogP contribution in [0, 0.1) is 37.5 Å². The third-order valence-corrected chi connectivity index (χ3v) is 15.4. The number of carbonyl (C=O) groups excluding carboxylic acids is 3. The highest BCUT2D eigenvalue weighted by molar-refractivity contribution is 7.89. The number of esters is 1. The lowest BCUT2D eigenvalue weighted by molar-refractivity contribution is -0.142. The summed E-state index contributed by atoms with van der Waals surface area (Å²) < 4.78 is 69.1. The maximum absolute atomic E-state index is 13.2. The van der Waals surface area contributed by atoms with Gasteiger partial charge in [-0.2, -0.15) is 8.61 Å². The Kier molecular flexibility index (Phi) is 21.9. The normalized spacial score (nSPS) is 14.0. The molecule has 6 rings (SSSR count). The van der Waals surface area contributed by atoms with Gasteiger partial charge in [-0.15, -0.1) is 0 Å². The van der Waals surface area contributed by atoms with Gasteiger partial charge in [0, 0.05) is 44.7 Å². The molecule has 4 N–H and O–H groups in total. The lowest BCUT2D eigenvalue weighted by atomic mass is 10.0. The molecule has 0 bridgehead atoms. The van der Waals surface area contributed by atoms with Crippen LogP contribution in [0.1, 0.15) is 63.5 Å². The maximum Gasteiger partial charge on any atom is 0.338 e.